The third-order valence-electron chi connectivity index (χ3n) is 4.54. The monoisotopic (exact) mass is 322 g/mol. The molecule has 3 rings (SSSR count). The van der Waals surface area contributed by atoms with Crippen LogP contribution < -0.4 is 10.6 Å². The Balaban J connectivity index is 1.56. The number of carbonyl (C=O) groups is 2. The van der Waals surface area contributed by atoms with E-state index in [0.717, 1.165) is 16.7 Å². The van der Waals surface area contributed by atoms with Crippen molar-refractivity contribution in [3.63, 3.8) is 0 Å². The molecule has 2 N–H and O–H groups in total. The lowest BCUT2D eigenvalue weighted by molar-refractivity contribution is -0.122. The van der Waals surface area contributed by atoms with Gasteiger partial charge in [-0.1, -0.05) is 54.6 Å². The minimum atomic E-state index is -0.299. The Hall–Kier alpha value is -2.46. The van der Waals surface area contributed by atoms with Gasteiger partial charge in [-0.2, -0.15) is 0 Å². The van der Waals surface area contributed by atoms with E-state index in [-0.39, 0.29) is 23.7 Å². The Kier molecular flexibility index (Phi) is 5.06. The van der Waals surface area contributed by atoms with Crippen molar-refractivity contribution < 1.29 is 9.59 Å². The first-order chi connectivity index (χ1) is 11.6. The van der Waals surface area contributed by atoms with E-state index in [1.54, 1.807) is 0 Å². The van der Waals surface area contributed by atoms with Gasteiger partial charge in [-0.05, 0) is 24.5 Å². The minimum Gasteiger partial charge on any atom is -0.351 e. The van der Waals surface area contributed by atoms with Gasteiger partial charge < -0.3 is 10.6 Å². The zero-order valence-corrected chi connectivity index (χ0v) is 13.8. The average Bonchev–Trinajstić information content (AvgIpc) is 3.10. The molecular formula is C20H22N2O2. The maximum absolute atomic E-state index is 12.6. The minimum absolute atomic E-state index is 0.0427. The summed E-state index contributed by atoms with van der Waals surface area (Å²) in [7, 11) is 0. The van der Waals surface area contributed by atoms with Crippen molar-refractivity contribution in [3.05, 3.63) is 71.3 Å². The second-order valence-corrected chi connectivity index (χ2v) is 6.28. The lowest BCUT2D eigenvalue weighted by Crippen LogP contribution is -2.39. The van der Waals surface area contributed by atoms with Crippen LogP contribution in [0, 0.1) is 12.8 Å². The third-order valence-corrected chi connectivity index (χ3v) is 4.54. The molecule has 4 nitrogen and oxygen atoms in total. The van der Waals surface area contributed by atoms with Crippen LogP contribution in [0.15, 0.2) is 54.6 Å². The van der Waals surface area contributed by atoms with Crippen molar-refractivity contribution in [1.82, 2.24) is 10.6 Å². The van der Waals surface area contributed by atoms with Crippen molar-refractivity contribution in [2.45, 2.75) is 25.9 Å². The first-order valence-corrected chi connectivity index (χ1v) is 8.30. The molecule has 2 unspecified atom stereocenters. The van der Waals surface area contributed by atoms with E-state index < -0.39 is 0 Å². The van der Waals surface area contributed by atoms with Crippen molar-refractivity contribution in [1.29, 1.82) is 0 Å². The van der Waals surface area contributed by atoms with Crippen LogP contribution in [0.5, 0.6) is 0 Å². The van der Waals surface area contributed by atoms with Crippen molar-refractivity contribution in [3.8, 4) is 0 Å². The van der Waals surface area contributed by atoms with Crippen molar-refractivity contribution in [2.24, 2.45) is 5.92 Å². The molecule has 1 amide bonds. The number of carbonyl (C=O) groups excluding carboxylic acids is 2. The van der Waals surface area contributed by atoms with Crippen LogP contribution in [0.2, 0.25) is 0 Å². The summed E-state index contributed by atoms with van der Waals surface area (Å²) < 4.78 is 0. The van der Waals surface area contributed by atoms with Crippen LogP contribution in [-0.2, 0) is 11.3 Å². The molecule has 1 fully saturated rings. The van der Waals surface area contributed by atoms with Gasteiger partial charge in [0.1, 0.15) is 0 Å². The quantitative estimate of drug-likeness (QED) is 0.832. The largest absolute Gasteiger partial charge is 0.351 e. The van der Waals surface area contributed by atoms with E-state index in [1.165, 1.54) is 0 Å². The summed E-state index contributed by atoms with van der Waals surface area (Å²) in [6, 6.07) is 17.1. The molecule has 1 saturated heterocycles. The summed E-state index contributed by atoms with van der Waals surface area (Å²) in [4.78, 5) is 24.9. The fourth-order valence-electron chi connectivity index (χ4n) is 3.11. The topological polar surface area (TPSA) is 58.2 Å². The van der Waals surface area contributed by atoms with Crippen LogP contribution in [0.4, 0.5) is 0 Å². The van der Waals surface area contributed by atoms with Gasteiger partial charge in [-0.25, -0.2) is 0 Å². The molecule has 24 heavy (non-hydrogen) atoms. The van der Waals surface area contributed by atoms with Crippen LogP contribution in [0.25, 0.3) is 0 Å². The second kappa shape index (κ2) is 7.41. The van der Waals surface area contributed by atoms with Gasteiger partial charge in [0, 0.05) is 24.6 Å². The zero-order chi connectivity index (χ0) is 16.9. The first kappa shape index (κ1) is 16.4. The summed E-state index contributed by atoms with van der Waals surface area (Å²) in [6.07, 6.45) is 0.549. The molecule has 2 aromatic rings. The molecule has 0 aromatic heterocycles. The highest BCUT2D eigenvalue weighted by Crippen LogP contribution is 2.21. The molecule has 4 heteroatoms. The lowest BCUT2D eigenvalue weighted by atomic mass is 9.92. The summed E-state index contributed by atoms with van der Waals surface area (Å²) in [5.41, 5.74) is 2.81. The van der Waals surface area contributed by atoms with E-state index in [9.17, 15) is 9.59 Å². The molecule has 0 bridgehead atoms. The van der Waals surface area contributed by atoms with E-state index in [1.807, 2.05) is 61.5 Å². The normalized spacial score (nSPS) is 19.9. The number of nitrogens with one attached hydrogen (secondary N) is 2. The summed E-state index contributed by atoms with van der Waals surface area (Å²) >= 11 is 0. The molecule has 1 aliphatic rings. The highest BCUT2D eigenvalue weighted by atomic mass is 16.2. The second-order valence-electron chi connectivity index (χ2n) is 6.28. The fourth-order valence-corrected chi connectivity index (χ4v) is 3.11. The van der Waals surface area contributed by atoms with Gasteiger partial charge in [-0.3, -0.25) is 9.59 Å². The maximum Gasteiger partial charge on any atom is 0.237 e. The van der Waals surface area contributed by atoms with Crippen molar-refractivity contribution in [2.75, 3.05) is 6.54 Å². The first-order valence-electron chi connectivity index (χ1n) is 8.30. The van der Waals surface area contributed by atoms with Crippen LogP contribution >= 0.6 is 0 Å². The summed E-state index contributed by atoms with van der Waals surface area (Å²) in [5.74, 6) is -0.0588. The predicted octanol–water partition coefficient (Wildman–Crippen LogP) is 2.47. The molecule has 0 radical (unpaired) electrons. The molecule has 1 heterocycles. The number of benzene rings is 2. The molecule has 124 valence electrons. The molecule has 0 spiro atoms. The fraction of sp³-hybridized carbons (Fsp3) is 0.300. The average molecular weight is 322 g/mol. The Morgan fingerprint density at radius 3 is 2.54 bits per heavy atom. The molecular weight excluding hydrogens is 300 g/mol. The van der Waals surface area contributed by atoms with Gasteiger partial charge in [-0.15, -0.1) is 0 Å². The highest BCUT2D eigenvalue weighted by Gasteiger charge is 2.34. The Morgan fingerprint density at radius 2 is 1.79 bits per heavy atom. The van der Waals surface area contributed by atoms with Gasteiger partial charge in [0.15, 0.2) is 5.78 Å². The van der Waals surface area contributed by atoms with Gasteiger partial charge in [0.2, 0.25) is 5.91 Å². The smallest absolute Gasteiger partial charge is 0.237 e. The zero-order valence-electron chi connectivity index (χ0n) is 13.8. The van der Waals surface area contributed by atoms with E-state index in [4.69, 9.17) is 0 Å². The number of hydrogen-bond donors (Lipinski definition) is 2. The Labute approximate surface area is 142 Å². The number of ketones is 1. The number of rotatable bonds is 5. The van der Waals surface area contributed by atoms with Crippen LogP contribution in [0.3, 0.4) is 0 Å². The van der Waals surface area contributed by atoms with Crippen LogP contribution in [-0.4, -0.2) is 24.3 Å². The SMILES string of the molecule is Cc1ccccc1C(=O)C1CNC(C(=O)NCc2ccccc2)C1. The van der Waals surface area contributed by atoms with Gasteiger partial charge >= 0.3 is 0 Å². The van der Waals surface area contributed by atoms with E-state index in [2.05, 4.69) is 10.6 Å². The van der Waals surface area contributed by atoms with Crippen molar-refractivity contribution >= 4 is 11.7 Å². The summed E-state index contributed by atoms with van der Waals surface area (Å²) in [5, 5.41) is 6.12. The predicted molar refractivity (Wildman–Crippen MR) is 93.7 cm³/mol. The molecule has 2 aromatic carbocycles. The van der Waals surface area contributed by atoms with E-state index >= 15 is 0 Å². The number of Topliss-reactive ketones (excluding diaryl/α,β-unsaturated/α-hetero) is 1. The molecule has 2 atom stereocenters. The van der Waals surface area contributed by atoms with E-state index in [0.29, 0.717) is 19.5 Å². The molecule has 0 saturated carbocycles. The van der Waals surface area contributed by atoms with Gasteiger partial charge in [0.25, 0.3) is 0 Å². The highest BCUT2D eigenvalue weighted by molar-refractivity contribution is 6.00. The van der Waals surface area contributed by atoms with Crippen LogP contribution in [0.1, 0.15) is 27.9 Å². The van der Waals surface area contributed by atoms with Gasteiger partial charge in [0.05, 0.1) is 6.04 Å². The Morgan fingerprint density at radius 1 is 1.08 bits per heavy atom. The Bertz CT molecular complexity index is 727. The molecule has 1 aliphatic heterocycles. The number of aryl methyl sites for hydroxylation is 1. The summed E-state index contributed by atoms with van der Waals surface area (Å²) in [6.45, 7) is 3.00. The standard InChI is InChI=1S/C20H22N2O2/c1-14-7-5-6-10-17(14)19(23)16-11-18(21-13-16)20(24)22-12-15-8-3-2-4-9-15/h2-10,16,18,21H,11-13H2,1H3,(H,22,24). The number of amides is 1. The maximum atomic E-state index is 12.6. The third kappa shape index (κ3) is 3.71. The molecule has 0 aliphatic carbocycles. The lowest BCUT2D eigenvalue weighted by Gasteiger charge is -2.12. The number of hydrogen-bond acceptors (Lipinski definition) is 3.